The van der Waals surface area contributed by atoms with Crippen LogP contribution >= 0.6 is 0 Å². The SMILES string of the molecule is CCC(CC)N(CCOC)CC(C)(N)CC. The smallest absolute Gasteiger partial charge is 0.0589 e. The van der Waals surface area contributed by atoms with Crippen LogP contribution in [0.25, 0.3) is 0 Å². The third-order valence-electron chi connectivity index (χ3n) is 3.41. The van der Waals surface area contributed by atoms with Gasteiger partial charge in [-0.1, -0.05) is 20.8 Å². The van der Waals surface area contributed by atoms with Gasteiger partial charge in [-0.05, 0) is 26.2 Å². The van der Waals surface area contributed by atoms with E-state index >= 15 is 0 Å². The molecule has 1 unspecified atom stereocenters. The molecule has 3 heteroatoms. The summed E-state index contributed by atoms with van der Waals surface area (Å²) in [5.74, 6) is 0. The second-order valence-electron chi connectivity index (χ2n) is 4.94. The first-order valence-electron chi connectivity index (χ1n) is 6.52. The normalized spacial score (nSPS) is 15.8. The van der Waals surface area contributed by atoms with Crippen molar-refractivity contribution in [3.8, 4) is 0 Å². The Hall–Kier alpha value is -0.120. The summed E-state index contributed by atoms with van der Waals surface area (Å²) in [6.45, 7) is 11.5. The lowest BCUT2D eigenvalue weighted by Gasteiger charge is -2.36. The molecule has 0 radical (unpaired) electrons. The lowest BCUT2D eigenvalue weighted by molar-refractivity contribution is 0.0964. The van der Waals surface area contributed by atoms with Gasteiger partial charge in [0, 0.05) is 31.8 Å². The lowest BCUT2D eigenvalue weighted by Crippen LogP contribution is -2.51. The molecule has 16 heavy (non-hydrogen) atoms. The van der Waals surface area contributed by atoms with E-state index in [4.69, 9.17) is 10.5 Å². The maximum Gasteiger partial charge on any atom is 0.0589 e. The summed E-state index contributed by atoms with van der Waals surface area (Å²) in [5, 5.41) is 0. The first-order chi connectivity index (χ1) is 7.50. The van der Waals surface area contributed by atoms with Crippen LogP contribution in [-0.2, 0) is 4.74 Å². The van der Waals surface area contributed by atoms with E-state index in [1.54, 1.807) is 7.11 Å². The summed E-state index contributed by atoms with van der Waals surface area (Å²) < 4.78 is 5.18. The van der Waals surface area contributed by atoms with Gasteiger partial charge in [0.15, 0.2) is 0 Å². The highest BCUT2D eigenvalue weighted by Crippen LogP contribution is 2.14. The minimum Gasteiger partial charge on any atom is -0.383 e. The van der Waals surface area contributed by atoms with Gasteiger partial charge < -0.3 is 10.5 Å². The van der Waals surface area contributed by atoms with Crippen molar-refractivity contribution in [3.63, 3.8) is 0 Å². The molecule has 0 saturated carbocycles. The van der Waals surface area contributed by atoms with E-state index in [1.807, 2.05) is 0 Å². The third kappa shape index (κ3) is 5.83. The number of nitrogens with two attached hydrogens (primary N) is 1. The maximum absolute atomic E-state index is 6.25. The molecule has 2 N–H and O–H groups in total. The first kappa shape index (κ1) is 15.9. The topological polar surface area (TPSA) is 38.5 Å². The quantitative estimate of drug-likeness (QED) is 0.660. The average molecular weight is 230 g/mol. The molecule has 3 nitrogen and oxygen atoms in total. The molecule has 0 rings (SSSR count). The van der Waals surface area contributed by atoms with Crippen molar-refractivity contribution in [2.24, 2.45) is 5.73 Å². The second kappa shape index (κ2) is 8.04. The second-order valence-corrected chi connectivity index (χ2v) is 4.94. The summed E-state index contributed by atoms with van der Waals surface area (Å²) in [6, 6.07) is 0.629. The average Bonchev–Trinajstić information content (AvgIpc) is 2.27. The van der Waals surface area contributed by atoms with Crippen molar-refractivity contribution in [1.29, 1.82) is 0 Å². The lowest BCUT2D eigenvalue weighted by atomic mass is 9.98. The molecule has 98 valence electrons. The minimum absolute atomic E-state index is 0.0870. The fourth-order valence-electron chi connectivity index (χ4n) is 1.98. The zero-order chi connectivity index (χ0) is 12.6. The number of hydrogen-bond donors (Lipinski definition) is 1. The Bertz CT molecular complexity index is 167. The van der Waals surface area contributed by atoms with E-state index in [9.17, 15) is 0 Å². The molecule has 0 bridgehead atoms. The Morgan fingerprint density at radius 1 is 1.25 bits per heavy atom. The molecule has 0 aliphatic rings. The zero-order valence-electron chi connectivity index (χ0n) is 11.8. The summed E-state index contributed by atoms with van der Waals surface area (Å²) in [5.41, 5.74) is 6.17. The number of nitrogens with zero attached hydrogens (tertiary/aromatic N) is 1. The van der Waals surface area contributed by atoms with Gasteiger partial charge in [0.1, 0.15) is 0 Å². The number of methoxy groups -OCH3 is 1. The van der Waals surface area contributed by atoms with Crippen LogP contribution in [0.5, 0.6) is 0 Å². The molecule has 0 spiro atoms. The van der Waals surface area contributed by atoms with Crippen LogP contribution < -0.4 is 5.73 Å². The molecule has 0 amide bonds. The van der Waals surface area contributed by atoms with Gasteiger partial charge in [-0.2, -0.15) is 0 Å². The monoisotopic (exact) mass is 230 g/mol. The fraction of sp³-hybridized carbons (Fsp3) is 1.00. The van der Waals surface area contributed by atoms with Crippen molar-refractivity contribution < 1.29 is 4.74 Å². The van der Waals surface area contributed by atoms with E-state index in [-0.39, 0.29) is 5.54 Å². The van der Waals surface area contributed by atoms with Gasteiger partial charge in [0.2, 0.25) is 0 Å². The number of hydrogen-bond acceptors (Lipinski definition) is 3. The van der Waals surface area contributed by atoms with E-state index in [1.165, 1.54) is 12.8 Å². The Morgan fingerprint density at radius 3 is 2.19 bits per heavy atom. The van der Waals surface area contributed by atoms with Crippen LogP contribution in [0.2, 0.25) is 0 Å². The molecular weight excluding hydrogens is 200 g/mol. The summed E-state index contributed by atoms with van der Waals surface area (Å²) in [4.78, 5) is 2.48. The van der Waals surface area contributed by atoms with Crippen LogP contribution in [-0.4, -0.2) is 43.3 Å². The van der Waals surface area contributed by atoms with Gasteiger partial charge in [-0.25, -0.2) is 0 Å². The molecule has 0 aliphatic heterocycles. The fourth-order valence-corrected chi connectivity index (χ4v) is 1.98. The maximum atomic E-state index is 6.25. The number of rotatable bonds is 9. The standard InChI is InChI=1S/C13H30N2O/c1-6-12(7-2)15(9-10-16-5)11-13(4,14)8-3/h12H,6-11,14H2,1-5H3. The van der Waals surface area contributed by atoms with Crippen LogP contribution in [0.1, 0.15) is 47.0 Å². The van der Waals surface area contributed by atoms with E-state index in [0.717, 1.165) is 26.1 Å². The molecule has 0 fully saturated rings. The minimum atomic E-state index is -0.0870. The van der Waals surface area contributed by atoms with Crippen molar-refractivity contribution >= 4 is 0 Å². The van der Waals surface area contributed by atoms with Crippen LogP contribution in [0, 0.1) is 0 Å². The van der Waals surface area contributed by atoms with Gasteiger partial charge in [0.05, 0.1) is 6.61 Å². The summed E-state index contributed by atoms with van der Waals surface area (Å²) in [6.07, 6.45) is 3.37. The van der Waals surface area contributed by atoms with Crippen molar-refractivity contribution in [2.45, 2.75) is 58.5 Å². The van der Waals surface area contributed by atoms with Gasteiger partial charge in [-0.3, -0.25) is 4.90 Å². The Balaban J connectivity index is 4.40. The van der Waals surface area contributed by atoms with Crippen molar-refractivity contribution in [2.75, 3.05) is 26.8 Å². The molecule has 0 heterocycles. The Kier molecular flexibility index (Phi) is 7.98. The van der Waals surface area contributed by atoms with Crippen molar-refractivity contribution in [3.05, 3.63) is 0 Å². The van der Waals surface area contributed by atoms with Gasteiger partial charge in [-0.15, -0.1) is 0 Å². The zero-order valence-corrected chi connectivity index (χ0v) is 11.8. The summed E-state index contributed by atoms with van der Waals surface area (Å²) in [7, 11) is 1.76. The van der Waals surface area contributed by atoms with Crippen molar-refractivity contribution in [1.82, 2.24) is 4.90 Å². The molecule has 0 aromatic heterocycles. The Labute approximate surface area is 101 Å². The summed E-state index contributed by atoms with van der Waals surface area (Å²) >= 11 is 0. The molecular formula is C13H30N2O. The van der Waals surface area contributed by atoms with E-state index < -0.39 is 0 Å². The predicted octanol–water partition coefficient (Wildman–Crippen LogP) is 2.25. The first-order valence-corrected chi connectivity index (χ1v) is 6.52. The van der Waals surface area contributed by atoms with Crippen LogP contribution in [0.4, 0.5) is 0 Å². The van der Waals surface area contributed by atoms with Crippen LogP contribution in [0.15, 0.2) is 0 Å². The third-order valence-corrected chi connectivity index (χ3v) is 3.41. The molecule has 0 aromatic rings. The Morgan fingerprint density at radius 2 is 1.81 bits per heavy atom. The highest BCUT2D eigenvalue weighted by Gasteiger charge is 2.23. The molecule has 0 saturated heterocycles. The highest BCUT2D eigenvalue weighted by molar-refractivity contribution is 4.83. The number of ether oxygens (including phenoxy) is 1. The van der Waals surface area contributed by atoms with Gasteiger partial charge >= 0.3 is 0 Å². The molecule has 0 aliphatic carbocycles. The van der Waals surface area contributed by atoms with Gasteiger partial charge in [0.25, 0.3) is 0 Å². The van der Waals surface area contributed by atoms with E-state index in [2.05, 4.69) is 32.6 Å². The largest absolute Gasteiger partial charge is 0.383 e. The predicted molar refractivity (Wildman–Crippen MR) is 70.7 cm³/mol. The molecule has 0 aromatic carbocycles. The van der Waals surface area contributed by atoms with Crippen LogP contribution in [0.3, 0.4) is 0 Å². The van der Waals surface area contributed by atoms with E-state index in [0.29, 0.717) is 6.04 Å². The highest BCUT2D eigenvalue weighted by atomic mass is 16.5. The molecule has 1 atom stereocenters.